The minimum atomic E-state index is -0.524. The van der Waals surface area contributed by atoms with Crippen LogP contribution in [0, 0.1) is 0 Å². The molecule has 1 saturated carbocycles. The number of hydrogen-bond donors (Lipinski definition) is 2. The number of rotatable bonds is 2. The van der Waals surface area contributed by atoms with Gasteiger partial charge < -0.3 is 5.32 Å². The number of amides is 1. The molecule has 0 radical (unpaired) electrons. The molecule has 0 spiro atoms. The van der Waals surface area contributed by atoms with Crippen LogP contribution >= 0.6 is 15.9 Å². The second kappa shape index (κ2) is 4.10. The molecular weight excluding hydrogens is 284 g/mol. The molecule has 2 aliphatic rings. The van der Waals surface area contributed by atoms with Crippen molar-refractivity contribution in [2.45, 2.75) is 24.9 Å². The van der Waals surface area contributed by atoms with Gasteiger partial charge in [-0.15, -0.1) is 0 Å². The number of pyridine rings is 1. The molecule has 1 atom stereocenters. The van der Waals surface area contributed by atoms with Gasteiger partial charge in [-0.25, -0.2) is 4.99 Å². The Morgan fingerprint density at radius 3 is 2.88 bits per heavy atom. The summed E-state index contributed by atoms with van der Waals surface area (Å²) in [4.78, 5) is 20.3. The molecule has 6 heteroatoms. The van der Waals surface area contributed by atoms with Crippen molar-refractivity contribution in [3.8, 4) is 0 Å². The van der Waals surface area contributed by atoms with Crippen molar-refractivity contribution in [2.75, 3.05) is 0 Å². The van der Waals surface area contributed by atoms with E-state index >= 15 is 0 Å². The molecule has 0 bridgehead atoms. The van der Waals surface area contributed by atoms with Crippen LogP contribution < -0.4 is 10.6 Å². The fourth-order valence-corrected chi connectivity index (χ4v) is 1.88. The quantitative estimate of drug-likeness (QED) is 0.859. The molecule has 5 nitrogen and oxygen atoms in total. The Morgan fingerprint density at radius 2 is 2.24 bits per heavy atom. The third-order valence-corrected chi connectivity index (χ3v) is 3.17. The van der Waals surface area contributed by atoms with Crippen molar-refractivity contribution in [3.63, 3.8) is 0 Å². The average Bonchev–Trinajstić information content (AvgIpc) is 3.03. The normalized spacial score (nSPS) is 23.2. The van der Waals surface area contributed by atoms with Gasteiger partial charge in [0.25, 0.3) is 5.91 Å². The lowest BCUT2D eigenvalue weighted by molar-refractivity contribution is -0.120. The van der Waals surface area contributed by atoms with Crippen molar-refractivity contribution in [2.24, 2.45) is 4.99 Å². The molecule has 2 N–H and O–H groups in total. The third kappa shape index (κ3) is 2.31. The topological polar surface area (TPSA) is 66.4 Å². The number of carbonyl (C=O) groups is 1. The summed E-state index contributed by atoms with van der Waals surface area (Å²) in [5, 5.41) is 5.91. The first-order valence-corrected chi connectivity index (χ1v) is 6.28. The molecule has 2 heterocycles. The highest BCUT2D eigenvalue weighted by Gasteiger charge is 2.31. The Morgan fingerprint density at radius 1 is 1.41 bits per heavy atom. The lowest BCUT2D eigenvalue weighted by Crippen LogP contribution is -2.37. The number of aliphatic imine (C=N–C) groups is 1. The van der Waals surface area contributed by atoms with Crippen LogP contribution in [0.3, 0.4) is 0 Å². The molecular formula is C11H11BrN4O. The summed E-state index contributed by atoms with van der Waals surface area (Å²) in [5.41, 5.74) is 0.665. The van der Waals surface area contributed by atoms with E-state index in [4.69, 9.17) is 0 Å². The Hall–Kier alpha value is -1.43. The lowest BCUT2D eigenvalue weighted by Gasteiger charge is -2.02. The standard InChI is InChI=1S/C11H11BrN4O/c12-6-1-4-8(13-5-6)9-10(17)16-11(15-9)14-7-2-3-7/h1,4-5,7,9H,2-3H2,(H2,14,15,16,17). The van der Waals surface area contributed by atoms with Gasteiger partial charge in [-0.1, -0.05) is 0 Å². The highest BCUT2D eigenvalue weighted by Crippen LogP contribution is 2.23. The van der Waals surface area contributed by atoms with Gasteiger partial charge in [0, 0.05) is 16.7 Å². The molecule has 1 aliphatic carbocycles. The first kappa shape index (κ1) is 10.7. The molecule has 0 saturated heterocycles. The van der Waals surface area contributed by atoms with Crippen LogP contribution in [0.5, 0.6) is 0 Å². The molecule has 1 unspecified atom stereocenters. The fraction of sp³-hybridized carbons (Fsp3) is 0.364. The molecule has 1 aromatic rings. The van der Waals surface area contributed by atoms with E-state index in [1.165, 1.54) is 0 Å². The van der Waals surface area contributed by atoms with Gasteiger partial charge in [0.05, 0.1) is 5.69 Å². The Labute approximate surface area is 107 Å². The summed E-state index contributed by atoms with van der Waals surface area (Å²) in [6.07, 6.45) is 3.97. The zero-order valence-electron chi connectivity index (χ0n) is 8.98. The van der Waals surface area contributed by atoms with E-state index in [1.807, 2.05) is 6.07 Å². The second-order valence-electron chi connectivity index (χ2n) is 4.19. The highest BCUT2D eigenvalue weighted by molar-refractivity contribution is 9.10. The first-order chi connectivity index (χ1) is 8.22. The summed E-state index contributed by atoms with van der Waals surface area (Å²) < 4.78 is 0.889. The van der Waals surface area contributed by atoms with Crippen molar-refractivity contribution in [1.82, 2.24) is 15.6 Å². The van der Waals surface area contributed by atoms with Crippen molar-refractivity contribution < 1.29 is 4.79 Å². The molecule has 3 rings (SSSR count). The number of nitrogens with one attached hydrogen (secondary N) is 2. The number of nitrogens with zero attached hydrogens (tertiary/aromatic N) is 2. The average molecular weight is 295 g/mol. The van der Waals surface area contributed by atoms with Crippen LogP contribution in [0.4, 0.5) is 0 Å². The molecule has 88 valence electrons. The predicted octanol–water partition coefficient (Wildman–Crippen LogP) is 1.12. The third-order valence-electron chi connectivity index (χ3n) is 2.70. The van der Waals surface area contributed by atoms with E-state index in [-0.39, 0.29) is 5.91 Å². The number of carbonyl (C=O) groups excluding carboxylic acids is 1. The monoisotopic (exact) mass is 294 g/mol. The van der Waals surface area contributed by atoms with Gasteiger partial charge in [0.1, 0.15) is 0 Å². The first-order valence-electron chi connectivity index (χ1n) is 5.49. The minimum Gasteiger partial charge on any atom is -0.353 e. The van der Waals surface area contributed by atoms with Gasteiger partial charge in [-0.3, -0.25) is 15.1 Å². The number of aromatic nitrogens is 1. The van der Waals surface area contributed by atoms with Crippen LogP contribution in [0.25, 0.3) is 0 Å². The maximum Gasteiger partial charge on any atom is 0.257 e. The van der Waals surface area contributed by atoms with Gasteiger partial charge in [-0.05, 0) is 40.9 Å². The number of guanidine groups is 1. The number of hydrogen-bond acceptors (Lipinski definition) is 4. The molecule has 1 amide bonds. The van der Waals surface area contributed by atoms with Crippen LogP contribution in [0.2, 0.25) is 0 Å². The molecule has 1 aliphatic heterocycles. The zero-order chi connectivity index (χ0) is 11.8. The van der Waals surface area contributed by atoms with Crippen LogP contribution in [-0.2, 0) is 4.79 Å². The maximum absolute atomic E-state index is 11.8. The van der Waals surface area contributed by atoms with Crippen LogP contribution in [-0.4, -0.2) is 22.9 Å². The van der Waals surface area contributed by atoms with E-state index in [0.29, 0.717) is 17.7 Å². The fourth-order valence-electron chi connectivity index (χ4n) is 1.65. The molecule has 17 heavy (non-hydrogen) atoms. The summed E-state index contributed by atoms with van der Waals surface area (Å²) in [7, 11) is 0. The van der Waals surface area contributed by atoms with Crippen LogP contribution in [0.15, 0.2) is 27.8 Å². The number of halogens is 1. The predicted molar refractivity (Wildman–Crippen MR) is 66.4 cm³/mol. The molecule has 1 fully saturated rings. The van der Waals surface area contributed by atoms with Crippen molar-refractivity contribution in [1.29, 1.82) is 0 Å². The molecule has 0 aromatic carbocycles. The van der Waals surface area contributed by atoms with E-state index in [1.54, 1.807) is 12.3 Å². The largest absolute Gasteiger partial charge is 0.353 e. The summed E-state index contributed by atoms with van der Waals surface area (Å²) in [6, 6.07) is 3.62. The summed E-state index contributed by atoms with van der Waals surface area (Å²) >= 11 is 3.31. The van der Waals surface area contributed by atoms with Crippen molar-refractivity contribution >= 4 is 27.8 Å². The second-order valence-corrected chi connectivity index (χ2v) is 5.11. The minimum absolute atomic E-state index is 0.122. The van der Waals surface area contributed by atoms with E-state index in [9.17, 15) is 4.79 Å². The van der Waals surface area contributed by atoms with E-state index < -0.39 is 6.04 Å². The van der Waals surface area contributed by atoms with Gasteiger partial charge in [-0.2, -0.15) is 0 Å². The lowest BCUT2D eigenvalue weighted by atomic mass is 10.2. The van der Waals surface area contributed by atoms with Crippen LogP contribution in [0.1, 0.15) is 24.6 Å². The maximum atomic E-state index is 11.8. The Balaban J connectivity index is 1.79. The Kier molecular flexibility index (Phi) is 2.58. The summed E-state index contributed by atoms with van der Waals surface area (Å²) in [6.45, 7) is 0. The van der Waals surface area contributed by atoms with E-state index in [2.05, 4.69) is 36.5 Å². The van der Waals surface area contributed by atoms with E-state index in [0.717, 1.165) is 17.3 Å². The zero-order valence-corrected chi connectivity index (χ0v) is 10.6. The smallest absolute Gasteiger partial charge is 0.257 e. The SMILES string of the molecule is O=C1NC(NC2CC2)=NC1c1ccc(Br)cn1. The highest BCUT2D eigenvalue weighted by atomic mass is 79.9. The van der Waals surface area contributed by atoms with Gasteiger partial charge in [0.15, 0.2) is 12.0 Å². The molecule has 1 aromatic heterocycles. The summed E-state index contributed by atoms with van der Waals surface area (Å²) in [5.74, 6) is 0.454. The Bertz CT molecular complexity index is 481. The van der Waals surface area contributed by atoms with Gasteiger partial charge >= 0.3 is 0 Å². The van der Waals surface area contributed by atoms with Crippen molar-refractivity contribution in [3.05, 3.63) is 28.5 Å². The van der Waals surface area contributed by atoms with Gasteiger partial charge in [0.2, 0.25) is 0 Å².